The molecular formula is C23H20O12S2. The first kappa shape index (κ1) is 26.0. The molecule has 0 radical (unpaired) electrons. The van der Waals surface area contributed by atoms with Crippen molar-refractivity contribution >= 4 is 41.6 Å². The van der Waals surface area contributed by atoms with Crippen LogP contribution < -0.4 is 30.2 Å². The van der Waals surface area contributed by atoms with E-state index in [1.54, 1.807) is 0 Å². The molecule has 0 aliphatic heterocycles. The molecule has 0 amide bonds. The van der Waals surface area contributed by atoms with Gasteiger partial charge < -0.3 is 27.8 Å². The van der Waals surface area contributed by atoms with Crippen LogP contribution >= 0.6 is 0 Å². The van der Waals surface area contributed by atoms with E-state index in [1.165, 1.54) is 52.7 Å². The van der Waals surface area contributed by atoms with Crippen molar-refractivity contribution in [3.05, 3.63) is 57.2 Å². The Balaban J connectivity index is 1.84. The Morgan fingerprint density at radius 2 is 0.973 bits per heavy atom. The number of ether oxygens (including phenoxy) is 4. The molecular weight excluding hydrogens is 532 g/mol. The molecule has 0 unspecified atom stereocenters. The molecule has 0 atom stereocenters. The molecule has 4 aromatic rings. The van der Waals surface area contributed by atoms with Crippen molar-refractivity contribution in [2.75, 3.05) is 33.5 Å². The number of hydrogen-bond donors (Lipinski definition) is 0. The molecule has 0 N–H and O–H groups in total. The van der Waals surface area contributed by atoms with Crippen LogP contribution in [0, 0.1) is 0 Å². The van der Waals surface area contributed by atoms with Crippen molar-refractivity contribution in [2.24, 2.45) is 0 Å². The zero-order valence-electron chi connectivity index (χ0n) is 19.9. The molecule has 4 rings (SSSR count). The van der Waals surface area contributed by atoms with Crippen LogP contribution in [0.4, 0.5) is 0 Å². The minimum Gasteiger partial charge on any atom is -0.496 e. The Hall–Kier alpha value is -4.04. The second-order valence-corrected chi connectivity index (χ2v) is 11.9. The van der Waals surface area contributed by atoms with Gasteiger partial charge in [-0.2, -0.15) is 0 Å². The molecule has 14 heteroatoms. The van der Waals surface area contributed by atoms with Gasteiger partial charge in [-0.15, -0.1) is 0 Å². The van der Waals surface area contributed by atoms with Gasteiger partial charge in [0.05, 0.1) is 39.2 Å². The van der Waals surface area contributed by atoms with Crippen LogP contribution in [0.5, 0.6) is 23.0 Å². The Kier molecular flexibility index (Phi) is 6.64. The summed E-state index contributed by atoms with van der Waals surface area (Å²) in [6, 6.07) is 7.44. The lowest BCUT2D eigenvalue weighted by atomic mass is 10.2. The minimum atomic E-state index is -4.84. The number of methoxy groups -OCH3 is 4. The average Bonchev–Trinajstić information content (AvgIpc) is 2.85. The Morgan fingerprint density at radius 1 is 0.595 bits per heavy atom. The van der Waals surface area contributed by atoms with E-state index in [2.05, 4.69) is 0 Å². The van der Waals surface area contributed by atoms with Gasteiger partial charge in [0.2, 0.25) is 0 Å². The number of rotatable bonds is 8. The smallest absolute Gasteiger partial charge is 0.355 e. The summed E-state index contributed by atoms with van der Waals surface area (Å²) in [5, 5.41) is -1.44. The third-order valence-electron chi connectivity index (χ3n) is 5.41. The van der Waals surface area contributed by atoms with Gasteiger partial charge in [0.25, 0.3) is 0 Å². The van der Waals surface area contributed by atoms with Gasteiger partial charge in [0.15, 0.2) is 34.6 Å². The van der Waals surface area contributed by atoms with Crippen LogP contribution in [0.3, 0.4) is 0 Å². The molecule has 2 aromatic carbocycles. The quantitative estimate of drug-likeness (QED) is 0.293. The Bertz CT molecular complexity index is 1730. The second kappa shape index (κ2) is 9.44. The molecule has 0 spiro atoms. The van der Waals surface area contributed by atoms with Crippen LogP contribution in [0.2, 0.25) is 0 Å². The summed E-state index contributed by atoms with van der Waals surface area (Å²) in [7, 11) is -4.32. The highest BCUT2D eigenvalue weighted by atomic mass is 32.3. The maximum Gasteiger partial charge on any atom is 0.355 e. The lowest BCUT2D eigenvalue weighted by molar-refractivity contribution is 0.395. The van der Waals surface area contributed by atoms with Crippen LogP contribution in [0.1, 0.15) is 0 Å². The van der Waals surface area contributed by atoms with Crippen LogP contribution in [-0.4, -0.2) is 50.4 Å². The average molecular weight is 553 g/mol. The minimum absolute atomic E-state index is 0.0410. The first-order valence-electron chi connectivity index (χ1n) is 10.3. The van der Waals surface area contributed by atoms with Gasteiger partial charge in [-0.05, 0) is 12.1 Å². The monoisotopic (exact) mass is 552 g/mol. The lowest BCUT2D eigenvalue weighted by Gasteiger charge is -2.11. The van der Waals surface area contributed by atoms with E-state index in [9.17, 15) is 26.4 Å². The van der Waals surface area contributed by atoms with E-state index in [0.717, 1.165) is 12.1 Å². The fraction of sp³-hybridized carbons (Fsp3) is 0.217. The SMILES string of the molecule is COc1cc(OC)c2cc(S(=O)(=O)CS(=O)(=O)c3cc4c(OC)cc(OC)cc4oc3=O)c(=O)oc2c1. The van der Waals surface area contributed by atoms with E-state index in [4.69, 9.17) is 27.8 Å². The van der Waals surface area contributed by atoms with E-state index in [0.29, 0.717) is 0 Å². The third kappa shape index (κ3) is 4.72. The Morgan fingerprint density at radius 3 is 1.30 bits per heavy atom. The summed E-state index contributed by atoms with van der Waals surface area (Å²) in [4.78, 5) is 23.3. The highest BCUT2D eigenvalue weighted by molar-refractivity contribution is 8.08. The van der Waals surface area contributed by atoms with Gasteiger partial charge in [-0.25, -0.2) is 26.4 Å². The van der Waals surface area contributed by atoms with Gasteiger partial charge in [0.1, 0.15) is 34.2 Å². The highest BCUT2D eigenvalue weighted by Crippen LogP contribution is 2.33. The summed E-state index contributed by atoms with van der Waals surface area (Å²) in [5.41, 5.74) is -2.70. The molecule has 12 nitrogen and oxygen atoms in total. The third-order valence-corrected chi connectivity index (χ3v) is 9.80. The second-order valence-electron chi connectivity index (χ2n) is 7.63. The Labute approximate surface area is 209 Å². The predicted molar refractivity (Wildman–Crippen MR) is 130 cm³/mol. The summed E-state index contributed by atoms with van der Waals surface area (Å²) in [5.74, 6) is 0.800. The molecule has 0 saturated carbocycles. The molecule has 0 fully saturated rings. The highest BCUT2D eigenvalue weighted by Gasteiger charge is 2.32. The maximum atomic E-state index is 13.1. The first-order valence-corrected chi connectivity index (χ1v) is 13.6. The summed E-state index contributed by atoms with van der Waals surface area (Å²) < 4.78 is 83.3. The molecule has 196 valence electrons. The first-order chi connectivity index (χ1) is 17.4. The fourth-order valence-electron chi connectivity index (χ4n) is 3.63. The zero-order valence-corrected chi connectivity index (χ0v) is 21.5. The predicted octanol–water partition coefficient (Wildman–Crippen LogP) is 2.14. The van der Waals surface area contributed by atoms with Crippen molar-refractivity contribution in [2.45, 2.75) is 9.79 Å². The van der Waals surface area contributed by atoms with E-state index in [-0.39, 0.29) is 44.9 Å². The van der Waals surface area contributed by atoms with Crippen molar-refractivity contribution in [3.8, 4) is 23.0 Å². The largest absolute Gasteiger partial charge is 0.496 e. The molecule has 0 saturated heterocycles. The molecule has 0 aliphatic carbocycles. The van der Waals surface area contributed by atoms with Crippen molar-refractivity contribution in [3.63, 3.8) is 0 Å². The van der Waals surface area contributed by atoms with Gasteiger partial charge in [-0.3, -0.25) is 0 Å². The fourth-order valence-corrected chi connectivity index (χ4v) is 7.46. The van der Waals surface area contributed by atoms with E-state index < -0.39 is 45.8 Å². The van der Waals surface area contributed by atoms with Crippen LogP contribution in [0.25, 0.3) is 21.9 Å². The van der Waals surface area contributed by atoms with Crippen LogP contribution in [0.15, 0.2) is 64.6 Å². The van der Waals surface area contributed by atoms with Gasteiger partial charge >= 0.3 is 11.3 Å². The number of hydrogen-bond acceptors (Lipinski definition) is 12. The number of fused-ring (bicyclic) bond motifs is 2. The summed E-state index contributed by atoms with van der Waals surface area (Å²) >= 11 is 0. The maximum absolute atomic E-state index is 13.1. The number of benzene rings is 2. The summed E-state index contributed by atoms with van der Waals surface area (Å²) in [6.45, 7) is 0. The van der Waals surface area contributed by atoms with E-state index >= 15 is 0 Å². The normalized spacial score (nSPS) is 12.0. The van der Waals surface area contributed by atoms with Crippen molar-refractivity contribution in [1.82, 2.24) is 0 Å². The summed E-state index contributed by atoms with van der Waals surface area (Å²) in [6.07, 6.45) is 0. The van der Waals surface area contributed by atoms with Crippen molar-refractivity contribution in [1.29, 1.82) is 0 Å². The van der Waals surface area contributed by atoms with Crippen molar-refractivity contribution < 1.29 is 44.6 Å². The van der Waals surface area contributed by atoms with E-state index in [1.807, 2.05) is 0 Å². The lowest BCUT2D eigenvalue weighted by Crippen LogP contribution is -2.25. The zero-order chi connectivity index (χ0) is 27.1. The molecule has 2 heterocycles. The molecule has 2 aromatic heterocycles. The number of sulfone groups is 2. The van der Waals surface area contributed by atoms with Gasteiger partial charge in [-0.1, -0.05) is 0 Å². The standard InChI is InChI=1S/C23H20O12S2/c1-30-12-5-16(32-3)14-9-20(22(24)34-18(14)7-12)36(26,27)11-37(28,29)21-10-15-17(33-4)6-13(31-2)8-19(15)35-23(21)25/h5-10H,11H2,1-4H3. The molecule has 0 bridgehead atoms. The molecule has 37 heavy (non-hydrogen) atoms. The topological polar surface area (TPSA) is 166 Å². The molecule has 0 aliphatic rings. The van der Waals surface area contributed by atoms with Gasteiger partial charge in [0, 0.05) is 24.3 Å². The van der Waals surface area contributed by atoms with Crippen LogP contribution in [-0.2, 0) is 19.7 Å².